The summed E-state index contributed by atoms with van der Waals surface area (Å²) in [5.41, 5.74) is 0.693. The molecule has 0 aliphatic carbocycles. The van der Waals surface area contributed by atoms with Gasteiger partial charge < -0.3 is 10.2 Å². The van der Waals surface area contributed by atoms with E-state index in [0.717, 1.165) is 19.5 Å². The Bertz CT molecular complexity index is 647. The number of amides is 1. The molecule has 0 bridgehead atoms. The van der Waals surface area contributed by atoms with Gasteiger partial charge in [-0.3, -0.25) is 9.69 Å². The summed E-state index contributed by atoms with van der Waals surface area (Å²) in [6.07, 6.45) is 5.95. The third-order valence-electron chi connectivity index (χ3n) is 3.79. The lowest BCUT2D eigenvalue weighted by Gasteiger charge is -2.24. The summed E-state index contributed by atoms with van der Waals surface area (Å²) in [4.78, 5) is 15.8. The second-order valence-corrected chi connectivity index (χ2v) is 5.34. The number of carbonyl (C=O) groups excluding carboxylic acids is 1. The molecule has 0 atom stereocenters. The van der Waals surface area contributed by atoms with Gasteiger partial charge >= 0.3 is 0 Å². The molecule has 1 fully saturated rings. The predicted molar refractivity (Wildman–Crippen MR) is 86.2 cm³/mol. The quantitative estimate of drug-likeness (QED) is 0.841. The molecule has 6 heteroatoms. The number of benzene rings is 1. The SMILES string of the molecule is C#CCNC(=O)CN1CCCN(c2cccc(F)c2C#N)CC1. The number of terminal acetylenes is 1. The summed E-state index contributed by atoms with van der Waals surface area (Å²) in [6, 6.07) is 6.60. The lowest BCUT2D eigenvalue weighted by Crippen LogP contribution is -2.39. The second-order valence-electron chi connectivity index (χ2n) is 5.34. The number of nitriles is 1. The van der Waals surface area contributed by atoms with E-state index < -0.39 is 5.82 Å². The number of halogens is 1. The topological polar surface area (TPSA) is 59.4 Å². The van der Waals surface area contributed by atoms with Crippen LogP contribution in [0.25, 0.3) is 0 Å². The van der Waals surface area contributed by atoms with Crippen LogP contribution < -0.4 is 10.2 Å². The van der Waals surface area contributed by atoms with Crippen molar-refractivity contribution in [3.05, 3.63) is 29.6 Å². The zero-order valence-electron chi connectivity index (χ0n) is 12.9. The zero-order valence-corrected chi connectivity index (χ0v) is 12.9. The minimum absolute atomic E-state index is 0.0766. The van der Waals surface area contributed by atoms with Gasteiger partial charge in [0.15, 0.2) is 0 Å². The minimum Gasteiger partial charge on any atom is -0.369 e. The molecule has 0 radical (unpaired) electrons. The molecule has 23 heavy (non-hydrogen) atoms. The van der Waals surface area contributed by atoms with Gasteiger partial charge in [0.05, 0.1) is 18.8 Å². The van der Waals surface area contributed by atoms with Gasteiger partial charge in [-0.15, -0.1) is 6.42 Å². The average molecular weight is 314 g/mol. The molecular weight excluding hydrogens is 295 g/mol. The largest absolute Gasteiger partial charge is 0.369 e. The summed E-state index contributed by atoms with van der Waals surface area (Å²) in [7, 11) is 0. The first kappa shape index (κ1) is 16.8. The summed E-state index contributed by atoms with van der Waals surface area (Å²) < 4.78 is 13.7. The molecule has 0 unspecified atom stereocenters. The molecule has 1 aliphatic rings. The Balaban J connectivity index is 2.00. The Morgan fingerprint density at radius 2 is 2.17 bits per heavy atom. The van der Waals surface area contributed by atoms with Gasteiger partial charge in [-0.1, -0.05) is 12.0 Å². The molecule has 0 saturated carbocycles. The number of hydrogen-bond donors (Lipinski definition) is 1. The second kappa shape index (κ2) is 8.17. The van der Waals surface area contributed by atoms with E-state index in [0.29, 0.717) is 25.3 Å². The van der Waals surface area contributed by atoms with Gasteiger partial charge in [-0.2, -0.15) is 5.26 Å². The van der Waals surface area contributed by atoms with Crippen LogP contribution in [0, 0.1) is 29.5 Å². The molecule has 2 rings (SSSR count). The maximum atomic E-state index is 13.7. The first-order chi connectivity index (χ1) is 11.2. The normalized spacial score (nSPS) is 15.3. The van der Waals surface area contributed by atoms with E-state index >= 15 is 0 Å². The minimum atomic E-state index is -0.500. The number of nitrogens with one attached hydrogen (secondary N) is 1. The van der Waals surface area contributed by atoms with E-state index in [9.17, 15) is 9.18 Å². The van der Waals surface area contributed by atoms with E-state index in [1.807, 2.05) is 15.9 Å². The van der Waals surface area contributed by atoms with Crippen molar-refractivity contribution in [3.63, 3.8) is 0 Å². The molecule has 1 saturated heterocycles. The first-order valence-electron chi connectivity index (χ1n) is 7.51. The van der Waals surface area contributed by atoms with Gasteiger partial charge in [0.1, 0.15) is 17.4 Å². The maximum Gasteiger partial charge on any atom is 0.234 e. The highest BCUT2D eigenvalue weighted by atomic mass is 19.1. The Kier molecular flexibility index (Phi) is 5.96. The van der Waals surface area contributed by atoms with Crippen molar-refractivity contribution in [2.75, 3.05) is 44.2 Å². The fourth-order valence-corrected chi connectivity index (χ4v) is 2.67. The Hall–Kier alpha value is -2.57. The van der Waals surface area contributed by atoms with E-state index in [2.05, 4.69) is 11.2 Å². The lowest BCUT2D eigenvalue weighted by molar-refractivity contribution is -0.121. The van der Waals surface area contributed by atoms with Crippen LogP contribution in [0.1, 0.15) is 12.0 Å². The highest BCUT2D eigenvalue weighted by Crippen LogP contribution is 2.23. The Morgan fingerprint density at radius 3 is 2.91 bits per heavy atom. The van der Waals surface area contributed by atoms with Gasteiger partial charge in [0.2, 0.25) is 5.91 Å². The van der Waals surface area contributed by atoms with Crippen LogP contribution in [0.5, 0.6) is 0 Å². The first-order valence-corrected chi connectivity index (χ1v) is 7.51. The van der Waals surface area contributed by atoms with Crippen molar-refractivity contribution in [3.8, 4) is 18.4 Å². The van der Waals surface area contributed by atoms with Crippen molar-refractivity contribution in [1.29, 1.82) is 5.26 Å². The number of hydrogen-bond acceptors (Lipinski definition) is 4. The fourth-order valence-electron chi connectivity index (χ4n) is 2.67. The van der Waals surface area contributed by atoms with Crippen molar-refractivity contribution in [2.24, 2.45) is 0 Å². The summed E-state index contributed by atoms with van der Waals surface area (Å²) in [5, 5.41) is 11.8. The predicted octanol–water partition coefficient (Wildman–Crippen LogP) is 0.959. The molecule has 1 aliphatic heterocycles. The smallest absolute Gasteiger partial charge is 0.234 e. The van der Waals surface area contributed by atoms with Crippen LogP contribution in [-0.4, -0.2) is 50.1 Å². The molecule has 1 amide bonds. The summed E-state index contributed by atoms with van der Waals surface area (Å²) in [5.74, 6) is 1.77. The molecule has 1 aromatic carbocycles. The van der Waals surface area contributed by atoms with E-state index in [1.54, 1.807) is 12.1 Å². The number of anilines is 1. The maximum absolute atomic E-state index is 13.7. The van der Waals surface area contributed by atoms with Gasteiger partial charge in [0.25, 0.3) is 0 Å². The Morgan fingerprint density at radius 1 is 1.35 bits per heavy atom. The molecule has 0 aromatic heterocycles. The van der Waals surface area contributed by atoms with Gasteiger partial charge in [0, 0.05) is 26.2 Å². The van der Waals surface area contributed by atoms with Gasteiger partial charge in [-0.05, 0) is 18.6 Å². The van der Waals surface area contributed by atoms with Crippen LogP contribution in [0.2, 0.25) is 0 Å². The molecule has 1 N–H and O–H groups in total. The van der Waals surface area contributed by atoms with Crippen molar-refractivity contribution in [1.82, 2.24) is 10.2 Å². The van der Waals surface area contributed by atoms with Crippen molar-refractivity contribution >= 4 is 11.6 Å². The van der Waals surface area contributed by atoms with E-state index in [1.165, 1.54) is 6.07 Å². The van der Waals surface area contributed by atoms with Crippen LogP contribution in [0.15, 0.2) is 18.2 Å². The fraction of sp³-hybridized carbons (Fsp3) is 0.412. The van der Waals surface area contributed by atoms with Crippen LogP contribution in [-0.2, 0) is 4.79 Å². The highest BCUT2D eigenvalue weighted by Gasteiger charge is 2.20. The summed E-state index contributed by atoms with van der Waals surface area (Å²) in [6.45, 7) is 3.33. The van der Waals surface area contributed by atoms with Crippen LogP contribution in [0.3, 0.4) is 0 Å². The van der Waals surface area contributed by atoms with Crippen molar-refractivity contribution < 1.29 is 9.18 Å². The molecular formula is C17H19FN4O. The lowest BCUT2D eigenvalue weighted by atomic mass is 10.1. The van der Waals surface area contributed by atoms with E-state index in [-0.39, 0.29) is 18.0 Å². The molecule has 1 aromatic rings. The third-order valence-corrected chi connectivity index (χ3v) is 3.79. The number of rotatable bonds is 4. The summed E-state index contributed by atoms with van der Waals surface area (Å²) >= 11 is 0. The number of nitrogens with zero attached hydrogens (tertiary/aromatic N) is 3. The molecule has 5 nitrogen and oxygen atoms in total. The van der Waals surface area contributed by atoms with Crippen LogP contribution in [0.4, 0.5) is 10.1 Å². The monoisotopic (exact) mass is 314 g/mol. The number of carbonyl (C=O) groups is 1. The average Bonchev–Trinajstić information content (AvgIpc) is 2.78. The standard InChI is InChI=1S/C17H19FN4O/c1-2-7-20-17(23)13-21-8-4-9-22(11-10-21)16-6-3-5-15(18)14(16)12-19/h1,3,5-6H,4,7-11,13H2,(H,20,23). The molecule has 0 spiro atoms. The van der Waals surface area contributed by atoms with E-state index in [4.69, 9.17) is 11.7 Å². The van der Waals surface area contributed by atoms with Crippen LogP contribution >= 0.6 is 0 Å². The third kappa shape index (κ3) is 4.45. The Labute approximate surface area is 135 Å². The molecule has 120 valence electrons. The molecule has 1 heterocycles. The zero-order chi connectivity index (χ0) is 16.7. The van der Waals surface area contributed by atoms with Gasteiger partial charge in [-0.25, -0.2) is 4.39 Å². The highest BCUT2D eigenvalue weighted by molar-refractivity contribution is 5.78. The van der Waals surface area contributed by atoms with Crippen molar-refractivity contribution in [2.45, 2.75) is 6.42 Å².